The largest absolute Gasteiger partial charge is 0.280 e. The summed E-state index contributed by atoms with van der Waals surface area (Å²) >= 11 is 18.3. The van der Waals surface area contributed by atoms with E-state index in [-0.39, 0.29) is 0 Å². The molecule has 16 heavy (non-hydrogen) atoms. The van der Waals surface area contributed by atoms with Crippen molar-refractivity contribution in [1.29, 1.82) is 0 Å². The molecule has 0 amide bonds. The van der Waals surface area contributed by atoms with E-state index < -0.39 is 20.0 Å². The average Bonchev–Trinajstić information content (AvgIpc) is 2.00. The third-order valence-corrected chi connectivity index (χ3v) is 5.52. The lowest BCUT2D eigenvalue weighted by atomic mass is 10.2. The van der Waals surface area contributed by atoms with Crippen LogP contribution in [0.25, 0.3) is 0 Å². The van der Waals surface area contributed by atoms with Crippen molar-refractivity contribution in [1.82, 2.24) is 0 Å². The van der Waals surface area contributed by atoms with Gasteiger partial charge in [-0.15, -0.1) is 0 Å². The first-order chi connectivity index (χ1) is 6.99. The van der Waals surface area contributed by atoms with Gasteiger partial charge in [0.15, 0.2) is 0 Å². The molecule has 0 saturated carbocycles. The number of carbonyl (C=O) groups excluding carboxylic acids is 2. The molecule has 2 nitrogen and oxygen atoms in total. The molecule has 7 heteroatoms. The molecule has 0 bridgehead atoms. The van der Waals surface area contributed by atoms with Crippen molar-refractivity contribution < 1.29 is 9.59 Å². The molecule has 0 atom stereocenters. The summed E-state index contributed by atoms with van der Waals surface area (Å²) in [6, 6.07) is 0. The van der Waals surface area contributed by atoms with Crippen LogP contribution in [0.2, 0.25) is 0 Å². The molecule has 0 N–H and O–H groups in total. The quantitative estimate of drug-likeness (QED) is 0.581. The maximum atomic E-state index is 11.1. The minimum Gasteiger partial charge on any atom is -0.280 e. The van der Waals surface area contributed by atoms with E-state index in [0.717, 1.165) is 23.5 Å². The average molecular weight is 319 g/mol. The molecule has 0 fully saturated rings. The summed E-state index contributed by atoms with van der Waals surface area (Å²) in [5.74, 6) is 0. The van der Waals surface area contributed by atoms with Gasteiger partial charge in [-0.2, -0.15) is 0 Å². The van der Waals surface area contributed by atoms with Crippen LogP contribution in [0.3, 0.4) is 0 Å². The lowest BCUT2D eigenvalue weighted by Crippen LogP contribution is -2.28. The summed E-state index contributed by atoms with van der Waals surface area (Å²) in [5, 5.41) is -0.953. The Morgan fingerprint density at radius 3 is 1.38 bits per heavy atom. The van der Waals surface area contributed by atoms with Crippen LogP contribution in [-0.2, 0) is 9.59 Å². The van der Waals surface area contributed by atoms with E-state index in [1.165, 1.54) is 0 Å². The van der Waals surface area contributed by atoms with Crippen molar-refractivity contribution in [2.75, 3.05) is 0 Å². The second-order valence-corrected chi connectivity index (χ2v) is 9.16. The van der Waals surface area contributed by atoms with Crippen molar-refractivity contribution in [3.05, 3.63) is 0 Å². The molecule has 0 aromatic rings. The van der Waals surface area contributed by atoms with Gasteiger partial charge in [-0.1, -0.05) is 35.7 Å². The number of rotatable bonds is 4. The Kier molecular flexibility index (Phi) is 6.32. The molecule has 92 valence electrons. The van der Waals surface area contributed by atoms with Crippen molar-refractivity contribution in [3.8, 4) is 0 Å². The number of hydrogen-bond acceptors (Lipinski definition) is 5. The first-order valence-corrected chi connectivity index (χ1v) is 7.10. The van der Waals surface area contributed by atoms with Gasteiger partial charge in [-0.25, -0.2) is 0 Å². The molecule has 0 heterocycles. The van der Waals surface area contributed by atoms with Crippen molar-refractivity contribution in [3.63, 3.8) is 0 Å². The molecule has 0 unspecified atom stereocenters. The van der Waals surface area contributed by atoms with Crippen LogP contribution in [0.15, 0.2) is 0 Å². The molecular formula is C9H12Cl2O2S3. The van der Waals surface area contributed by atoms with Crippen molar-refractivity contribution in [2.24, 2.45) is 0 Å². The summed E-state index contributed by atoms with van der Waals surface area (Å²) in [6.07, 6.45) is 0. The maximum Gasteiger partial charge on any atom is 0.237 e. The van der Waals surface area contributed by atoms with Gasteiger partial charge < -0.3 is 0 Å². The predicted octanol–water partition coefficient (Wildman–Crippen LogP) is 3.83. The summed E-state index contributed by atoms with van der Waals surface area (Å²) in [4.78, 5) is 22.2. The van der Waals surface area contributed by atoms with Gasteiger partial charge in [0, 0.05) is 0 Å². The number of carbonyl (C=O) groups is 2. The van der Waals surface area contributed by atoms with Crippen LogP contribution >= 0.6 is 58.9 Å². The lowest BCUT2D eigenvalue weighted by Gasteiger charge is -2.23. The highest BCUT2D eigenvalue weighted by Gasteiger charge is 2.33. The summed E-state index contributed by atoms with van der Waals surface area (Å²) in [6.45, 7) is 6.70. The zero-order chi connectivity index (χ0) is 13.1. The normalized spacial score (nSPS) is 12.4. The zero-order valence-corrected chi connectivity index (χ0v) is 13.3. The van der Waals surface area contributed by atoms with Crippen LogP contribution < -0.4 is 0 Å². The summed E-state index contributed by atoms with van der Waals surface area (Å²) in [7, 11) is 0. The van der Waals surface area contributed by atoms with Gasteiger partial charge in [0.25, 0.3) is 0 Å². The fourth-order valence-electron chi connectivity index (χ4n) is 0.518. The van der Waals surface area contributed by atoms with Gasteiger partial charge in [-0.05, 0) is 50.9 Å². The molecule has 0 saturated heterocycles. The molecule has 0 aliphatic rings. The van der Waals surface area contributed by atoms with Gasteiger partial charge in [0.1, 0.15) is 3.53 Å². The topological polar surface area (TPSA) is 34.1 Å². The summed E-state index contributed by atoms with van der Waals surface area (Å²) < 4.78 is -1.12. The number of halogens is 2. The third-order valence-electron chi connectivity index (χ3n) is 1.62. The second-order valence-electron chi connectivity index (χ2n) is 4.02. The zero-order valence-electron chi connectivity index (χ0n) is 9.30. The highest BCUT2D eigenvalue weighted by atomic mass is 35.5. The van der Waals surface area contributed by atoms with Crippen LogP contribution in [0.5, 0.6) is 0 Å². The Labute approximate surface area is 119 Å². The number of hydrogen-bond donors (Lipinski definition) is 0. The van der Waals surface area contributed by atoms with Crippen LogP contribution in [0.1, 0.15) is 27.7 Å². The molecule has 0 spiro atoms. The standard InChI is InChI=1S/C9H12Cl2O2S3/c1-8(2,5(10)12)15-7(14)16-9(3,4)6(11)13/h1-4H3. The van der Waals surface area contributed by atoms with E-state index in [2.05, 4.69) is 0 Å². The minimum absolute atomic E-state index is 0.470. The Bertz CT molecular complexity index is 297. The highest BCUT2D eigenvalue weighted by Crippen LogP contribution is 2.38. The van der Waals surface area contributed by atoms with E-state index in [0.29, 0.717) is 3.53 Å². The molecule has 0 aliphatic heterocycles. The van der Waals surface area contributed by atoms with Gasteiger partial charge in [0.2, 0.25) is 10.5 Å². The summed E-state index contributed by atoms with van der Waals surface area (Å²) in [5.41, 5.74) is 0. The Morgan fingerprint density at radius 1 is 0.938 bits per heavy atom. The van der Waals surface area contributed by atoms with E-state index in [4.69, 9.17) is 35.4 Å². The van der Waals surface area contributed by atoms with E-state index in [1.807, 2.05) is 0 Å². The van der Waals surface area contributed by atoms with Crippen LogP contribution in [0, 0.1) is 0 Å². The van der Waals surface area contributed by atoms with Crippen LogP contribution in [-0.4, -0.2) is 23.5 Å². The minimum atomic E-state index is -0.795. The van der Waals surface area contributed by atoms with Crippen molar-refractivity contribution >= 4 is 73.0 Å². The Hall–Kier alpha value is 0.710. The first kappa shape index (κ1) is 16.7. The number of thioether (sulfide) groups is 2. The highest BCUT2D eigenvalue weighted by molar-refractivity contribution is 8.48. The predicted molar refractivity (Wildman–Crippen MR) is 77.7 cm³/mol. The second kappa shape index (κ2) is 6.05. The molecule has 0 aromatic heterocycles. The lowest BCUT2D eigenvalue weighted by molar-refractivity contribution is -0.113. The smallest absolute Gasteiger partial charge is 0.237 e. The van der Waals surface area contributed by atoms with Crippen molar-refractivity contribution in [2.45, 2.75) is 37.2 Å². The molecule has 0 aromatic carbocycles. The molecule has 0 radical (unpaired) electrons. The van der Waals surface area contributed by atoms with Gasteiger partial charge >= 0.3 is 0 Å². The van der Waals surface area contributed by atoms with E-state index >= 15 is 0 Å². The maximum absolute atomic E-state index is 11.1. The first-order valence-electron chi connectivity index (χ1n) is 4.31. The Morgan fingerprint density at radius 2 is 1.19 bits per heavy atom. The van der Waals surface area contributed by atoms with Gasteiger partial charge in [0.05, 0.1) is 9.49 Å². The molecule has 0 aliphatic carbocycles. The Balaban J connectivity index is 4.52. The molecular weight excluding hydrogens is 307 g/mol. The molecule has 0 rings (SSSR count). The fourth-order valence-corrected chi connectivity index (χ4v) is 4.41. The van der Waals surface area contributed by atoms with E-state index in [1.54, 1.807) is 27.7 Å². The fraction of sp³-hybridized carbons (Fsp3) is 0.667. The SMILES string of the molecule is CC(C)(SC(=S)SC(C)(C)C(=O)Cl)C(=O)Cl. The van der Waals surface area contributed by atoms with E-state index in [9.17, 15) is 9.59 Å². The van der Waals surface area contributed by atoms with Gasteiger partial charge in [-0.3, -0.25) is 9.59 Å². The monoisotopic (exact) mass is 318 g/mol. The third kappa shape index (κ3) is 5.36. The number of thiocarbonyl (C=S) groups is 1. The van der Waals surface area contributed by atoms with Crippen LogP contribution in [0.4, 0.5) is 0 Å².